The Morgan fingerprint density at radius 2 is 2.20 bits per heavy atom. The van der Waals surface area contributed by atoms with Gasteiger partial charge in [-0.3, -0.25) is 4.79 Å². The highest BCUT2D eigenvalue weighted by atomic mass is 16.5. The fourth-order valence-electron chi connectivity index (χ4n) is 1.38. The first-order valence-electron chi connectivity index (χ1n) is 5.07. The summed E-state index contributed by atoms with van der Waals surface area (Å²) in [6.07, 6.45) is 1.45. The Morgan fingerprint density at radius 3 is 2.73 bits per heavy atom. The molecule has 1 aromatic rings. The van der Waals surface area contributed by atoms with Crippen LogP contribution in [0.2, 0.25) is 0 Å². The van der Waals surface area contributed by atoms with Crippen molar-refractivity contribution in [3.63, 3.8) is 0 Å². The van der Waals surface area contributed by atoms with E-state index in [1.54, 1.807) is 6.07 Å². The predicted molar refractivity (Wildman–Crippen MR) is 57.8 cm³/mol. The van der Waals surface area contributed by atoms with E-state index in [0.29, 0.717) is 18.8 Å². The number of carbonyl (C=O) groups excluding carboxylic acids is 1. The highest BCUT2D eigenvalue weighted by molar-refractivity contribution is 5.65. The topological polar surface area (TPSA) is 46.5 Å². The molecule has 0 aliphatic heterocycles. The minimum absolute atomic E-state index is 0.274. The Bertz CT molecular complexity index is 345. The van der Waals surface area contributed by atoms with Gasteiger partial charge in [0.05, 0.1) is 6.61 Å². The van der Waals surface area contributed by atoms with Gasteiger partial charge in [-0.05, 0) is 23.6 Å². The Kier molecular flexibility index (Phi) is 4.16. The second-order valence-electron chi connectivity index (χ2n) is 3.41. The SMILES string of the molecule is CCc1ccc(CCOC(C)=O)cc1O. The van der Waals surface area contributed by atoms with E-state index in [4.69, 9.17) is 4.74 Å². The molecule has 0 fully saturated rings. The van der Waals surface area contributed by atoms with E-state index in [1.807, 2.05) is 19.1 Å². The van der Waals surface area contributed by atoms with Gasteiger partial charge in [-0.15, -0.1) is 0 Å². The van der Waals surface area contributed by atoms with Crippen LogP contribution in [-0.4, -0.2) is 17.7 Å². The zero-order valence-corrected chi connectivity index (χ0v) is 9.12. The standard InChI is InChI=1S/C12H16O3/c1-3-11-5-4-10(8-12(11)14)6-7-15-9(2)13/h4-5,8,14H,3,6-7H2,1-2H3. The van der Waals surface area contributed by atoms with E-state index in [2.05, 4.69) is 0 Å². The Labute approximate surface area is 89.7 Å². The average molecular weight is 208 g/mol. The van der Waals surface area contributed by atoms with E-state index in [0.717, 1.165) is 17.5 Å². The molecule has 1 aromatic carbocycles. The molecule has 0 radical (unpaired) electrons. The maximum atomic E-state index is 10.5. The molecule has 0 saturated carbocycles. The number of hydrogen-bond donors (Lipinski definition) is 1. The van der Waals surface area contributed by atoms with Crippen LogP contribution in [-0.2, 0) is 22.4 Å². The van der Waals surface area contributed by atoms with Crippen LogP contribution in [0.4, 0.5) is 0 Å². The fourth-order valence-corrected chi connectivity index (χ4v) is 1.38. The fraction of sp³-hybridized carbons (Fsp3) is 0.417. The number of phenolic OH excluding ortho intramolecular Hbond substituents is 1. The Balaban J connectivity index is 2.55. The highest BCUT2D eigenvalue weighted by Gasteiger charge is 2.01. The first-order valence-corrected chi connectivity index (χ1v) is 5.07. The number of hydrogen-bond acceptors (Lipinski definition) is 3. The van der Waals surface area contributed by atoms with Crippen molar-refractivity contribution in [2.45, 2.75) is 26.7 Å². The smallest absolute Gasteiger partial charge is 0.302 e. The monoisotopic (exact) mass is 208 g/mol. The molecule has 0 unspecified atom stereocenters. The number of aromatic hydroxyl groups is 1. The summed E-state index contributed by atoms with van der Waals surface area (Å²) in [5.41, 5.74) is 1.91. The molecule has 15 heavy (non-hydrogen) atoms. The van der Waals surface area contributed by atoms with Crippen LogP contribution in [0.3, 0.4) is 0 Å². The molecule has 0 aliphatic carbocycles. The molecule has 0 spiro atoms. The number of aryl methyl sites for hydroxylation is 1. The van der Waals surface area contributed by atoms with Crippen molar-refractivity contribution in [1.82, 2.24) is 0 Å². The molecule has 1 N–H and O–H groups in total. The van der Waals surface area contributed by atoms with Crippen molar-refractivity contribution >= 4 is 5.97 Å². The highest BCUT2D eigenvalue weighted by Crippen LogP contribution is 2.19. The molecule has 0 aromatic heterocycles. The number of phenols is 1. The minimum Gasteiger partial charge on any atom is -0.508 e. The maximum Gasteiger partial charge on any atom is 0.302 e. The molecule has 0 bridgehead atoms. The lowest BCUT2D eigenvalue weighted by molar-refractivity contribution is -0.140. The largest absolute Gasteiger partial charge is 0.508 e. The molecular weight excluding hydrogens is 192 g/mol. The second-order valence-corrected chi connectivity index (χ2v) is 3.41. The Hall–Kier alpha value is -1.51. The summed E-state index contributed by atoms with van der Waals surface area (Å²) in [4.78, 5) is 10.5. The van der Waals surface area contributed by atoms with Gasteiger partial charge in [-0.2, -0.15) is 0 Å². The van der Waals surface area contributed by atoms with Crippen molar-refractivity contribution in [3.05, 3.63) is 29.3 Å². The van der Waals surface area contributed by atoms with Crippen molar-refractivity contribution < 1.29 is 14.6 Å². The lowest BCUT2D eigenvalue weighted by Gasteiger charge is -2.05. The number of rotatable bonds is 4. The number of esters is 1. The van der Waals surface area contributed by atoms with Crippen molar-refractivity contribution in [2.24, 2.45) is 0 Å². The van der Waals surface area contributed by atoms with Crippen LogP contribution >= 0.6 is 0 Å². The first-order chi connectivity index (χ1) is 7.13. The van der Waals surface area contributed by atoms with Crippen molar-refractivity contribution in [3.8, 4) is 5.75 Å². The van der Waals surface area contributed by atoms with E-state index >= 15 is 0 Å². The van der Waals surface area contributed by atoms with Crippen LogP contribution in [0, 0.1) is 0 Å². The summed E-state index contributed by atoms with van der Waals surface area (Å²) >= 11 is 0. The van der Waals surface area contributed by atoms with Crippen LogP contribution < -0.4 is 0 Å². The third kappa shape index (κ3) is 3.62. The van der Waals surface area contributed by atoms with Gasteiger partial charge in [0.25, 0.3) is 0 Å². The van der Waals surface area contributed by atoms with Gasteiger partial charge in [-0.1, -0.05) is 19.1 Å². The summed E-state index contributed by atoms with van der Waals surface area (Å²) in [5, 5.41) is 9.59. The van der Waals surface area contributed by atoms with E-state index in [-0.39, 0.29) is 5.97 Å². The quantitative estimate of drug-likeness (QED) is 0.770. The number of benzene rings is 1. The van der Waals surface area contributed by atoms with E-state index < -0.39 is 0 Å². The van der Waals surface area contributed by atoms with Crippen LogP contribution in [0.5, 0.6) is 5.75 Å². The zero-order chi connectivity index (χ0) is 11.3. The lowest BCUT2D eigenvalue weighted by Crippen LogP contribution is -2.03. The van der Waals surface area contributed by atoms with Crippen LogP contribution in [0.25, 0.3) is 0 Å². The van der Waals surface area contributed by atoms with Crippen LogP contribution in [0.1, 0.15) is 25.0 Å². The van der Waals surface area contributed by atoms with Gasteiger partial charge < -0.3 is 9.84 Å². The summed E-state index contributed by atoms with van der Waals surface area (Å²) in [5.74, 6) is 0.0437. The molecule has 1 rings (SSSR count). The van der Waals surface area contributed by atoms with Crippen molar-refractivity contribution in [2.75, 3.05) is 6.61 Å². The zero-order valence-electron chi connectivity index (χ0n) is 9.12. The van der Waals surface area contributed by atoms with Crippen molar-refractivity contribution in [1.29, 1.82) is 0 Å². The molecule has 0 atom stereocenters. The molecule has 0 aliphatic rings. The van der Waals surface area contributed by atoms with Gasteiger partial charge in [0.2, 0.25) is 0 Å². The van der Waals surface area contributed by atoms with Gasteiger partial charge in [0.1, 0.15) is 5.75 Å². The van der Waals surface area contributed by atoms with Gasteiger partial charge in [-0.25, -0.2) is 0 Å². The molecule has 3 nitrogen and oxygen atoms in total. The minimum atomic E-state index is -0.274. The lowest BCUT2D eigenvalue weighted by atomic mass is 10.1. The molecule has 3 heteroatoms. The average Bonchev–Trinajstić information content (AvgIpc) is 2.17. The molecule has 0 heterocycles. The normalized spacial score (nSPS) is 10.0. The first kappa shape index (κ1) is 11.6. The van der Waals surface area contributed by atoms with Gasteiger partial charge in [0.15, 0.2) is 0 Å². The summed E-state index contributed by atoms with van der Waals surface area (Å²) in [6.45, 7) is 3.74. The summed E-state index contributed by atoms with van der Waals surface area (Å²) in [6, 6.07) is 5.57. The summed E-state index contributed by atoms with van der Waals surface area (Å²) in [7, 11) is 0. The molecule has 0 saturated heterocycles. The Morgan fingerprint density at radius 1 is 1.47 bits per heavy atom. The van der Waals surface area contributed by atoms with E-state index in [9.17, 15) is 9.90 Å². The molecular formula is C12H16O3. The van der Waals surface area contributed by atoms with Crippen LogP contribution in [0.15, 0.2) is 18.2 Å². The number of ether oxygens (including phenoxy) is 1. The second kappa shape index (κ2) is 5.39. The van der Waals surface area contributed by atoms with Gasteiger partial charge >= 0.3 is 5.97 Å². The van der Waals surface area contributed by atoms with Gasteiger partial charge in [0, 0.05) is 13.3 Å². The maximum absolute atomic E-state index is 10.5. The third-order valence-corrected chi connectivity index (χ3v) is 2.23. The molecule has 82 valence electrons. The predicted octanol–water partition coefficient (Wildman–Crippen LogP) is 2.06. The third-order valence-electron chi connectivity index (χ3n) is 2.23. The summed E-state index contributed by atoms with van der Waals surface area (Å²) < 4.78 is 4.82. The van der Waals surface area contributed by atoms with E-state index in [1.165, 1.54) is 6.92 Å². The molecule has 0 amide bonds. The number of carbonyl (C=O) groups is 1.